The highest BCUT2D eigenvalue weighted by atomic mass is 16.5. The minimum absolute atomic E-state index is 0.320. The van der Waals surface area contributed by atoms with E-state index in [1.54, 1.807) is 38.1 Å². The molecule has 0 fully saturated rings. The summed E-state index contributed by atoms with van der Waals surface area (Å²) in [6, 6.07) is 8.63. The van der Waals surface area contributed by atoms with Crippen LogP contribution in [0.5, 0.6) is 5.75 Å². The highest BCUT2D eigenvalue weighted by Gasteiger charge is 2.37. The van der Waals surface area contributed by atoms with E-state index in [0.29, 0.717) is 24.2 Å². The van der Waals surface area contributed by atoms with Gasteiger partial charge in [0.05, 0.1) is 5.56 Å². The predicted octanol–water partition coefficient (Wildman–Crippen LogP) is 2.58. The number of rotatable bonds is 5. The number of hydrogen-bond acceptors (Lipinski definition) is 3. The van der Waals surface area contributed by atoms with Gasteiger partial charge in [-0.2, -0.15) is 5.26 Å². The lowest BCUT2D eigenvalue weighted by molar-refractivity contribution is -0.156. The zero-order valence-corrected chi connectivity index (χ0v) is 9.93. The molecule has 17 heavy (non-hydrogen) atoms. The van der Waals surface area contributed by atoms with Crippen molar-refractivity contribution in [3.8, 4) is 11.8 Å². The summed E-state index contributed by atoms with van der Waals surface area (Å²) in [7, 11) is 0. The minimum atomic E-state index is -1.26. The fraction of sp³-hybridized carbons (Fsp3) is 0.385. The second kappa shape index (κ2) is 5.35. The van der Waals surface area contributed by atoms with Gasteiger partial charge in [-0.3, -0.25) is 0 Å². The maximum Gasteiger partial charge on any atom is 0.348 e. The summed E-state index contributed by atoms with van der Waals surface area (Å²) in [5.74, 6) is -0.684. The smallest absolute Gasteiger partial charge is 0.348 e. The molecule has 1 aromatic carbocycles. The first-order chi connectivity index (χ1) is 8.09. The van der Waals surface area contributed by atoms with Crippen LogP contribution in [0.1, 0.15) is 32.3 Å². The van der Waals surface area contributed by atoms with Crippen molar-refractivity contribution in [2.24, 2.45) is 0 Å². The SMILES string of the molecule is CCC(CC)(Oc1ccccc1C#N)C(=O)O. The quantitative estimate of drug-likeness (QED) is 0.848. The van der Waals surface area contributed by atoms with Crippen LogP contribution in [0.3, 0.4) is 0 Å². The molecule has 4 nitrogen and oxygen atoms in total. The molecule has 0 aliphatic carbocycles. The zero-order valence-electron chi connectivity index (χ0n) is 9.93. The second-order valence-corrected chi connectivity index (χ2v) is 3.72. The molecule has 0 amide bonds. The first-order valence-electron chi connectivity index (χ1n) is 5.51. The van der Waals surface area contributed by atoms with Gasteiger partial charge in [0.1, 0.15) is 11.8 Å². The monoisotopic (exact) mass is 233 g/mol. The van der Waals surface area contributed by atoms with Crippen molar-refractivity contribution >= 4 is 5.97 Å². The van der Waals surface area contributed by atoms with Gasteiger partial charge in [-0.25, -0.2) is 4.79 Å². The number of hydrogen-bond donors (Lipinski definition) is 1. The molecular weight excluding hydrogens is 218 g/mol. The molecule has 0 saturated heterocycles. The van der Waals surface area contributed by atoms with Gasteiger partial charge in [0, 0.05) is 0 Å². The number of nitriles is 1. The number of benzene rings is 1. The van der Waals surface area contributed by atoms with E-state index in [1.807, 2.05) is 6.07 Å². The summed E-state index contributed by atoms with van der Waals surface area (Å²) >= 11 is 0. The first-order valence-corrected chi connectivity index (χ1v) is 5.51. The summed E-state index contributed by atoms with van der Waals surface area (Å²) < 4.78 is 5.56. The molecule has 0 unspecified atom stereocenters. The molecule has 0 aromatic heterocycles. The fourth-order valence-corrected chi connectivity index (χ4v) is 1.60. The summed E-state index contributed by atoms with van der Waals surface area (Å²) in [6.45, 7) is 3.51. The molecular formula is C13H15NO3. The highest BCUT2D eigenvalue weighted by Crippen LogP contribution is 2.27. The lowest BCUT2D eigenvalue weighted by atomic mass is 9.97. The third-order valence-corrected chi connectivity index (χ3v) is 2.84. The van der Waals surface area contributed by atoms with Crippen LogP contribution in [0.4, 0.5) is 0 Å². The number of carboxylic acid groups (broad SMARTS) is 1. The Kier molecular flexibility index (Phi) is 4.11. The van der Waals surface area contributed by atoms with Crippen LogP contribution >= 0.6 is 0 Å². The van der Waals surface area contributed by atoms with Gasteiger partial charge < -0.3 is 9.84 Å². The zero-order chi connectivity index (χ0) is 12.9. The van der Waals surface area contributed by atoms with Gasteiger partial charge in [-0.1, -0.05) is 26.0 Å². The van der Waals surface area contributed by atoms with Crippen LogP contribution in [0.15, 0.2) is 24.3 Å². The molecule has 0 bridgehead atoms. The Labute approximate surface area is 100 Å². The van der Waals surface area contributed by atoms with Crippen LogP contribution in [-0.2, 0) is 4.79 Å². The maximum atomic E-state index is 11.3. The molecule has 0 aliphatic rings. The molecule has 4 heteroatoms. The number of ether oxygens (including phenoxy) is 1. The van der Waals surface area contributed by atoms with E-state index in [2.05, 4.69) is 0 Å². The number of para-hydroxylation sites is 1. The molecule has 0 atom stereocenters. The molecule has 0 radical (unpaired) electrons. The Balaban J connectivity index is 3.11. The summed E-state index contributed by atoms with van der Waals surface area (Å²) in [4.78, 5) is 11.3. The van der Waals surface area contributed by atoms with Gasteiger partial charge in [-0.05, 0) is 25.0 Å². The Bertz CT molecular complexity index is 444. The Morgan fingerprint density at radius 2 is 2.00 bits per heavy atom. The minimum Gasteiger partial charge on any atom is -0.478 e. The first kappa shape index (κ1) is 13.0. The lowest BCUT2D eigenvalue weighted by Gasteiger charge is -2.28. The van der Waals surface area contributed by atoms with Gasteiger partial charge in [0.2, 0.25) is 5.60 Å². The number of nitrogens with zero attached hydrogens (tertiary/aromatic N) is 1. The fourth-order valence-electron chi connectivity index (χ4n) is 1.60. The van der Waals surface area contributed by atoms with Gasteiger partial charge in [0.25, 0.3) is 0 Å². The van der Waals surface area contributed by atoms with E-state index in [-0.39, 0.29) is 0 Å². The summed E-state index contributed by atoms with van der Waals surface area (Å²) in [6.07, 6.45) is 0.692. The van der Waals surface area contributed by atoms with E-state index in [4.69, 9.17) is 10.00 Å². The van der Waals surface area contributed by atoms with E-state index in [1.165, 1.54) is 0 Å². The lowest BCUT2D eigenvalue weighted by Crippen LogP contribution is -2.43. The van der Waals surface area contributed by atoms with Gasteiger partial charge in [0.15, 0.2) is 0 Å². The molecule has 90 valence electrons. The number of carboxylic acids is 1. The van der Waals surface area contributed by atoms with E-state index in [0.717, 1.165) is 0 Å². The molecule has 0 saturated carbocycles. The topological polar surface area (TPSA) is 70.3 Å². The van der Waals surface area contributed by atoms with Crippen molar-refractivity contribution in [2.45, 2.75) is 32.3 Å². The number of aliphatic carboxylic acids is 1. The van der Waals surface area contributed by atoms with E-state index >= 15 is 0 Å². The third kappa shape index (κ3) is 2.56. The maximum absolute atomic E-state index is 11.3. The van der Waals surface area contributed by atoms with E-state index in [9.17, 15) is 9.90 Å². The number of carbonyl (C=O) groups is 1. The molecule has 0 spiro atoms. The Hall–Kier alpha value is -2.02. The summed E-state index contributed by atoms with van der Waals surface area (Å²) in [5, 5.41) is 18.2. The predicted molar refractivity (Wildman–Crippen MR) is 62.7 cm³/mol. The van der Waals surface area contributed by atoms with Crippen molar-refractivity contribution < 1.29 is 14.6 Å². The Morgan fingerprint density at radius 3 is 2.47 bits per heavy atom. The molecule has 1 rings (SSSR count). The molecule has 1 aromatic rings. The van der Waals surface area contributed by atoms with Crippen LogP contribution in [-0.4, -0.2) is 16.7 Å². The average molecular weight is 233 g/mol. The van der Waals surface area contributed by atoms with Crippen LogP contribution in [0.2, 0.25) is 0 Å². The second-order valence-electron chi connectivity index (χ2n) is 3.72. The van der Waals surface area contributed by atoms with Crippen LogP contribution < -0.4 is 4.74 Å². The Morgan fingerprint density at radius 1 is 1.41 bits per heavy atom. The largest absolute Gasteiger partial charge is 0.478 e. The standard InChI is InChI=1S/C13H15NO3/c1-3-13(4-2,12(15)16)17-11-8-6-5-7-10(11)9-14/h5-8H,3-4H2,1-2H3,(H,15,16). The van der Waals surface area contributed by atoms with Gasteiger partial charge >= 0.3 is 5.97 Å². The summed E-state index contributed by atoms with van der Waals surface area (Å²) in [5.41, 5.74) is -0.910. The van der Waals surface area contributed by atoms with E-state index < -0.39 is 11.6 Å². The van der Waals surface area contributed by atoms with Crippen LogP contribution in [0.25, 0.3) is 0 Å². The van der Waals surface area contributed by atoms with Crippen molar-refractivity contribution in [2.75, 3.05) is 0 Å². The van der Waals surface area contributed by atoms with Crippen molar-refractivity contribution in [3.63, 3.8) is 0 Å². The van der Waals surface area contributed by atoms with Crippen molar-refractivity contribution in [1.82, 2.24) is 0 Å². The molecule has 1 N–H and O–H groups in total. The third-order valence-electron chi connectivity index (χ3n) is 2.84. The molecule has 0 aliphatic heterocycles. The van der Waals surface area contributed by atoms with Crippen molar-refractivity contribution in [3.05, 3.63) is 29.8 Å². The normalized spacial score (nSPS) is 10.6. The molecule has 0 heterocycles. The van der Waals surface area contributed by atoms with Gasteiger partial charge in [-0.15, -0.1) is 0 Å². The van der Waals surface area contributed by atoms with Crippen molar-refractivity contribution in [1.29, 1.82) is 5.26 Å². The van der Waals surface area contributed by atoms with Crippen LogP contribution in [0, 0.1) is 11.3 Å². The average Bonchev–Trinajstić information content (AvgIpc) is 2.36. The highest BCUT2D eigenvalue weighted by molar-refractivity contribution is 5.78.